The van der Waals surface area contributed by atoms with Gasteiger partial charge >= 0.3 is 0 Å². The molecule has 0 heterocycles. The van der Waals surface area contributed by atoms with E-state index < -0.39 is 11.4 Å². The van der Waals surface area contributed by atoms with Crippen molar-refractivity contribution < 1.29 is 14.0 Å². The Morgan fingerprint density at radius 2 is 1.95 bits per heavy atom. The second kappa shape index (κ2) is 5.55. The molecule has 0 saturated heterocycles. The van der Waals surface area contributed by atoms with Gasteiger partial charge in [-0.3, -0.25) is 9.59 Å². The van der Waals surface area contributed by atoms with Crippen LogP contribution in [0.2, 0.25) is 0 Å². The number of nitrogens with one attached hydrogen (secondary N) is 3. The molecule has 0 radical (unpaired) electrons. The van der Waals surface area contributed by atoms with E-state index in [9.17, 15) is 14.0 Å². The zero-order chi connectivity index (χ0) is 15.6. The Kier molecular flexibility index (Phi) is 3.97. The molecule has 21 heavy (non-hydrogen) atoms. The molecule has 0 aliphatic heterocycles. The van der Waals surface area contributed by atoms with Crippen LogP contribution in [0.3, 0.4) is 0 Å². The number of allylic oxidation sites excluding steroid dienone is 1. The lowest BCUT2D eigenvalue weighted by molar-refractivity contribution is -0.122. The number of hydrogen-bond acceptors (Lipinski definition) is 3. The molecular weight excluding hydrogens is 273 g/mol. The van der Waals surface area contributed by atoms with Crippen molar-refractivity contribution in [3.05, 3.63) is 36.3 Å². The predicted octanol–water partition coefficient (Wildman–Crippen LogP) is 2.38. The van der Waals surface area contributed by atoms with Gasteiger partial charge in [0.1, 0.15) is 11.4 Å². The van der Waals surface area contributed by atoms with Crippen molar-refractivity contribution in [1.82, 2.24) is 5.32 Å². The Morgan fingerprint density at radius 1 is 1.29 bits per heavy atom. The highest BCUT2D eigenvalue weighted by Crippen LogP contribution is 2.40. The summed E-state index contributed by atoms with van der Waals surface area (Å²) in [6, 6.07) is 4.26. The van der Waals surface area contributed by atoms with Crippen molar-refractivity contribution in [2.24, 2.45) is 0 Å². The first-order valence-corrected chi connectivity index (χ1v) is 6.65. The average Bonchev–Trinajstić information content (AvgIpc) is 3.13. The molecule has 3 N–H and O–H groups in total. The minimum Gasteiger partial charge on any atom is -0.371 e. The van der Waals surface area contributed by atoms with Gasteiger partial charge in [-0.25, -0.2) is 4.39 Å². The standard InChI is InChI=1S/C15H18FN3O2/c1-9(2)17-14(21)15(6-7-15)19-11-4-5-12(16)13(8-11)18-10(3)20/h4-5,8,19H,1,6-7H2,2-3H3,(H,17,21)(H,18,20). The van der Waals surface area contributed by atoms with Crippen molar-refractivity contribution >= 4 is 23.2 Å². The van der Waals surface area contributed by atoms with E-state index in [0.29, 0.717) is 24.2 Å². The van der Waals surface area contributed by atoms with Crippen molar-refractivity contribution in [2.45, 2.75) is 32.2 Å². The smallest absolute Gasteiger partial charge is 0.249 e. The van der Waals surface area contributed by atoms with Crippen molar-refractivity contribution in [2.75, 3.05) is 10.6 Å². The molecule has 2 amide bonds. The first-order valence-electron chi connectivity index (χ1n) is 6.65. The number of rotatable bonds is 5. The Labute approximate surface area is 122 Å². The fourth-order valence-electron chi connectivity index (χ4n) is 2.01. The number of anilines is 2. The maximum absolute atomic E-state index is 13.6. The molecule has 6 heteroatoms. The highest BCUT2D eigenvalue weighted by molar-refractivity contribution is 5.94. The first-order chi connectivity index (χ1) is 9.82. The Morgan fingerprint density at radius 3 is 2.48 bits per heavy atom. The van der Waals surface area contributed by atoms with Crippen LogP contribution in [0.4, 0.5) is 15.8 Å². The van der Waals surface area contributed by atoms with E-state index in [4.69, 9.17) is 0 Å². The second-order valence-electron chi connectivity index (χ2n) is 5.32. The van der Waals surface area contributed by atoms with Gasteiger partial charge in [-0.1, -0.05) is 6.58 Å². The highest BCUT2D eigenvalue weighted by Gasteiger charge is 2.50. The van der Waals surface area contributed by atoms with E-state index in [-0.39, 0.29) is 17.5 Å². The first kappa shape index (κ1) is 15.0. The summed E-state index contributed by atoms with van der Waals surface area (Å²) in [5.74, 6) is -1.03. The van der Waals surface area contributed by atoms with Gasteiger partial charge in [0.15, 0.2) is 0 Å². The summed E-state index contributed by atoms with van der Waals surface area (Å²) in [6.45, 7) is 6.66. The molecule has 0 bridgehead atoms. The lowest BCUT2D eigenvalue weighted by atomic mass is 10.2. The Balaban J connectivity index is 2.14. The molecule has 1 aliphatic rings. The van der Waals surface area contributed by atoms with E-state index in [1.54, 1.807) is 6.92 Å². The highest BCUT2D eigenvalue weighted by atomic mass is 19.1. The van der Waals surface area contributed by atoms with Crippen LogP contribution in [-0.4, -0.2) is 17.4 Å². The monoisotopic (exact) mass is 291 g/mol. The number of carbonyl (C=O) groups is 2. The van der Waals surface area contributed by atoms with Gasteiger partial charge in [0.05, 0.1) is 5.69 Å². The summed E-state index contributed by atoms with van der Waals surface area (Å²) in [7, 11) is 0. The second-order valence-corrected chi connectivity index (χ2v) is 5.32. The summed E-state index contributed by atoms with van der Waals surface area (Å²) < 4.78 is 13.6. The lowest BCUT2D eigenvalue weighted by Gasteiger charge is -2.19. The lowest BCUT2D eigenvalue weighted by Crippen LogP contribution is -2.40. The molecule has 0 aromatic heterocycles. The maximum Gasteiger partial charge on any atom is 0.249 e. The van der Waals surface area contributed by atoms with E-state index in [1.165, 1.54) is 25.1 Å². The number of benzene rings is 1. The van der Waals surface area contributed by atoms with E-state index >= 15 is 0 Å². The van der Waals surface area contributed by atoms with E-state index in [0.717, 1.165) is 0 Å². The quantitative estimate of drug-likeness (QED) is 0.780. The van der Waals surface area contributed by atoms with Crippen LogP contribution in [0.5, 0.6) is 0 Å². The predicted molar refractivity (Wildman–Crippen MR) is 79.2 cm³/mol. The van der Waals surface area contributed by atoms with Crippen LogP contribution in [0.15, 0.2) is 30.5 Å². The van der Waals surface area contributed by atoms with Gasteiger partial charge < -0.3 is 16.0 Å². The van der Waals surface area contributed by atoms with Crippen LogP contribution in [-0.2, 0) is 9.59 Å². The van der Waals surface area contributed by atoms with E-state index in [2.05, 4.69) is 22.5 Å². The zero-order valence-electron chi connectivity index (χ0n) is 12.0. The molecule has 2 rings (SSSR count). The Hall–Kier alpha value is -2.37. The molecule has 1 aromatic carbocycles. The van der Waals surface area contributed by atoms with Crippen LogP contribution < -0.4 is 16.0 Å². The van der Waals surface area contributed by atoms with Crippen molar-refractivity contribution in [1.29, 1.82) is 0 Å². The molecule has 0 atom stereocenters. The van der Waals surface area contributed by atoms with Crippen LogP contribution >= 0.6 is 0 Å². The fourth-order valence-corrected chi connectivity index (χ4v) is 2.01. The molecule has 112 valence electrons. The summed E-state index contributed by atoms with van der Waals surface area (Å²) in [5, 5.41) is 8.20. The van der Waals surface area contributed by atoms with Crippen LogP contribution in [0, 0.1) is 5.82 Å². The molecule has 1 aliphatic carbocycles. The van der Waals surface area contributed by atoms with E-state index in [1.807, 2.05) is 0 Å². The third-order valence-electron chi connectivity index (χ3n) is 3.17. The SMILES string of the molecule is C=C(C)NC(=O)C1(Nc2ccc(F)c(NC(C)=O)c2)CC1. The molecule has 0 spiro atoms. The molecule has 0 unspecified atom stereocenters. The van der Waals surface area contributed by atoms with Gasteiger partial charge in [-0.2, -0.15) is 0 Å². The van der Waals surface area contributed by atoms with Gasteiger partial charge in [0.25, 0.3) is 0 Å². The third kappa shape index (κ3) is 3.59. The largest absolute Gasteiger partial charge is 0.371 e. The average molecular weight is 291 g/mol. The summed E-state index contributed by atoms with van der Waals surface area (Å²) in [4.78, 5) is 23.1. The number of hydrogen-bond donors (Lipinski definition) is 3. The minimum atomic E-state index is -0.676. The van der Waals surface area contributed by atoms with Crippen molar-refractivity contribution in [3.63, 3.8) is 0 Å². The summed E-state index contributed by atoms with van der Waals surface area (Å²) >= 11 is 0. The number of halogens is 1. The summed E-state index contributed by atoms with van der Waals surface area (Å²) in [6.07, 6.45) is 1.39. The molecule has 1 fully saturated rings. The topological polar surface area (TPSA) is 70.2 Å². The minimum absolute atomic E-state index is 0.0867. The van der Waals surface area contributed by atoms with Crippen LogP contribution in [0.1, 0.15) is 26.7 Å². The zero-order valence-corrected chi connectivity index (χ0v) is 12.0. The van der Waals surface area contributed by atoms with Gasteiger partial charge in [-0.05, 0) is 38.0 Å². The van der Waals surface area contributed by atoms with Gasteiger partial charge in [0.2, 0.25) is 11.8 Å². The number of carbonyl (C=O) groups excluding carboxylic acids is 2. The number of amides is 2. The molecule has 5 nitrogen and oxygen atoms in total. The van der Waals surface area contributed by atoms with Crippen molar-refractivity contribution in [3.8, 4) is 0 Å². The summed E-state index contributed by atoms with van der Waals surface area (Å²) in [5.41, 5.74) is 0.564. The fraction of sp³-hybridized carbons (Fsp3) is 0.333. The molecule has 1 saturated carbocycles. The van der Waals surface area contributed by atoms with Gasteiger partial charge in [-0.15, -0.1) is 0 Å². The maximum atomic E-state index is 13.6. The van der Waals surface area contributed by atoms with Crippen LogP contribution in [0.25, 0.3) is 0 Å². The Bertz CT molecular complexity index is 609. The normalized spacial score (nSPS) is 15.0. The third-order valence-corrected chi connectivity index (χ3v) is 3.17. The molecular formula is C15H18FN3O2. The van der Waals surface area contributed by atoms with Gasteiger partial charge in [0, 0.05) is 18.3 Å². The molecule has 1 aromatic rings.